The molecule has 2 aliphatic rings. The third-order valence-electron chi connectivity index (χ3n) is 4.67. The smallest absolute Gasteiger partial charge is 0.261 e. The molecule has 2 heterocycles. The van der Waals surface area contributed by atoms with E-state index < -0.39 is 0 Å². The van der Waals surface area contributed by atoms with Gasteiger partial charge in [-0.1, -0.05) is 11.8 Å². The molecule has 0 saturated heterocycles. The van der Waals surface area contributed by atoms with Gasteiger partial charge in [-0.25, -0.2) is 4.98 Å². The molecule has 6 nitrogen and oxygen atoms in total. The zero-order valence-electron chi connectivity index (χ0n) is 15.4. The molecule has 1 aromatic carbocycles. The summed E-state index contributed by atoms with van der Waals surface area (Å²) in [5.41, 5.74) is 2.10. The highest BCUT2D eigenvalue weighted by molar-refractivity contribution is 7.99. The fraction of sp³-hybridized carbons (Fsp3) is 0.350. The summed E-state index contributed by atoms with van der Waals surface area (Å²) in [6.07, 6.45) is 3.72. The minimum Gasteiger partial charge on any atom is -0.351 e. The summed E-state index contributed by atoms with van der Waals surface area (Å²) >= 11 is 1.45. The van der Waals surface area contributed by atoms with Crippen LogP contribution in [0, 0.1) is 0 Å². The van der Waals surface area contributed by atoms with Crippen molar-refractivity contribution in [3.8, 4) is 0 Å². The van der Waals surface area contributed by atoms with Gasteiger partial charge in [-0.3, -0.25) is 9.59 Å². The van der Waals surface area contributed by atoms with E-state index in [2.05, 4.69) is 10.3 Å². The largest absolute Gasteiger partial charge is 0.351 e. The number of nitrogens with zero attached hydrogens (tertiary/aromatic N) is 3. The summed E-state index contributed by atoms with van der Waals surface area (Å²) < 4.78 is 0. The molecule has 27 heavy (non-hydrogen) atoms. The highest BCUT2D eigenvalue weighted by Crippen LogP contribution is 2.44. The van der Waals surface area contributed by atoms with Crippen molar-refractivity contribution in [3.63, 3.8) is 0 Å². The maximum absolute atomic E-state index is 13.1. The van der Waals surface area contributed by atoms with Crippen LogP contribution >= 0.6 is 11.8 Å². The first-order valence-electron chi connectivity index (χ1n) is 9.08. The van der Waals surface area contributed by atoms with Crippen molar-refractivity contribution < 1.29 is 9.59 Å². The highest BCUT2D eigenvalue weighted by atomic mass is 32.2. The predicted octanol–water partition coefficient (Wildman–Crippen LogP) is 2.65. The van der Waals surface area contributed by atoms with E-state index in [0.717, 1.165) is 30.0 Å². The molecule has 1 fully saturated rings. The molecule has 2 amide bonds. The minimum absolute atomic E-state index is 0.00460. The number of likely N-dealkylation sites (N-methyl/N-ethyl adjacent to an activating group) is 1. The van der Waals surface area contributed by atoms with Gasteiger partial charge in [0.05, 0.1) is 11.3 Å². The van der Waals surface area contributed by atoms with Crippen LogP contribution in [-0.2, 0) is 0 Å². The van der Waals surface area contributed by atoms with Crippen LogP contribution in [0.1, 0.15) is 33.6 Å². The molecule has 1 saturated carbocycles. The molecule has 1 aromatic heterocycles. The van der Waals surface area contributed by atoms with Crippen LogP contribution in [0.25, 0.3) is 0 Å². The molecule has 140 valence electrons. The van der Waals surface area contributed by atoms with Crippen LogP contribution in [0.15, 0.2) is 46.5 Å². The van der Waals surface area contributed by atoms with Crippen LogP contribution in [-0.4, -0.2) is 54.9 Å². The molecule has 0 atom stereocenters. The molecular weight excluding hydrogens is 360 g/mol. The number of benzene rings is 1. The molecule has 1 N–H and O–H groups in total. The third kappa shape index (κ3) is 3.70. The maximum Gasteiger partial charge on any atom is 0.261 e. The molecule has 0 spiro atoms. The lowest BCUT2D eigenvalue weighted by Crippen LogP contribution is -2.33. The first kappa shape index (κ1) is 18.0. The Bertz CT molecular complexity index is 895. The van der Waals surface area contributed by atoms with Crippen molar-refractivity contribution in [3.05, 3.63) is 47.7 Å². The van der Waals surface area contributed by atoms with Gasteiger partial charge in [0.25, 0.3) is 11.8 Å². The lowest BCUT2D eigenvalue weighted by molar-refractivity contribution is 0.0949. The summed E-state index contributed by atoms with van der Waals surface area (Å²) in [7, 11) is 3.94. The fourth-order valence-electron chi connectivity index (χ4n) is 3.10. The Kier molecular flexibility index (Phi) is 4.88. The number of rotatable bonds is 5. The summed E-state index contributed by atoms with van der Waals surface area (Å²) in [6, 6.07) is 9.43. The van der Waals surface area contributed by atoms with E-state index in [4.69, 9.17) is 0 Å². The topological polar surface area (TPSA) is 65.5 Å². The Hall–Kier alpha value is -2.38. The van der Waals surface area contributed by atoms with E-state index in [0.29, 0.717) is 22.7 Å². The Morgan fingerprint density at radius 3 is 2.89 bits per heavy atom. The van der Waals surface area contributed by atoms with Crippen LogP contribution < -0.4 is 10.2 Å². The van der Waals surface area contributed by atoms with Crippen molar-refractivity contribution in [1.82, 2.24) is 15.2 Å². The summed E-state index contributed by atoms with van der Waals surface area (Å²) in [5, 5.41) is 3.63. The van der Waals surface area contributed by atoms with Gasteiger partial charge < -0.3 is 15.1 Å². The second-order valence-corrected chi connectivity index (χ2v) is 8.14. The first-order chi connectivity index (χ1) is 13.0. The number of pyridine rings is 1. The van der Waals surface area contributed by atoms with Gasteiger partial charge in [0.1, 0.15) is 5.03 Å². The van der Waals surface area contributed by atoms with Gasteiger partial charge in [0.15, 0.2) is 0 Å². The number of fused-ring (bicyclic) bond motifs is 2. The molecular formula is C20H22N4O2S. The Labute approximate surface area is 162 Å². The maximum atomic E-state index is 13.1. The van der Waals surface area contributed by atoms with E-state index in [9.17, 15) is 9.59 Å². The second-order valence-electron chi connectivity index (χ2n) is 7.11. The van der Waals surface area contributed by atoms with Crippen LogP contribution in [0.5, 0.6) is 0 Å². The third-order valence-corrected chi connectivity index (χ3v) is 5.73. The molecule has 1 aliphatic carbocycles. The predicted molar refractivity (Wildman–Crippen MR) is 106 cm³/mol. The summed E-state index contributed by atoms with van der Waals surface area (Å²) in [4.78, 5) is 34.8. The Morgan fingerprint density at radius 1 is 1.33 bits per heavy atom. The van der Waals surface area contributed by atoms with Gasteiger partial charge in [-0.2, -0.15) is 0 Å². The molecule has 0 bridgehead atoms. The van der Waals surface area contributed by atoms with Crippen molar-refractivity contribution in [2.45, 2.75) is 28.8 Å². The molecule has 1 aliphatic heterocycles. The quantitative estimate of drug-likeness (QED) is 0.861. The van der Waals surface area contributed by atoms with Gasteiger partial charge in [-0.05, 0) is 57.3 Å². The number of anilines is 1. The number of amides is 2. The number of carbonyl (C=O) groups excluding carboxylic acids is 2. The second kappa shape index (κ2) is 7.32. The van der Waals surface area contributed by atoms with Crippen LogP contribution in [0.3, 0.4) is 0 Å². The minimum atomic E-state index is -0.102. The standard InChI is InChI=1S/C20H22N4O2S/c1-23(2)11-10-21-18(25)13-5-8-16-17(12-13)27-19-15(4-3-9-22-19)20(26)24(16)14-6-7-14/h3-5,8-9,12,14H,6-7,10-11H2,1-2H3,(H,21,25). The van der Waals surface area contributed by atoms with E-state index in [1.54, 1.807) is 18.3 Å². The molecule has 0 radical (unpaired) electrons. The van der Waals surface area contributed by atoms with Crippen LogP contribution in [0.4, 0.5) is 5.69 Å². The fourth-order valence-corrected chi connectivity index (χ4v) is 4.15. The van der Waals surface area contributed by atoms with Gasteiger partial charge in [-0.15, -0.1) is 0 Å². The zero-order valence-corrected chi connectivity index (χ0v) is 16.3. The van der Waals surface area contributed by atoms with E-state index >= 15 is 0 Å². The molecule has 2 aromatic rings. The Morgan fingerprint density at radius 2 is 2.15 bits per heavy atom. The average Bonchev–Trinajstić information content (AvgIpc) is 3.48. The number of nitrogens with one attached hydrogen (secondary N) is 1. The van der Waals surface area contributed by atoms with Gasteiger partial charge in [0, 0.05) is 35.8 Å². The van der Waals surface area contributed by atoms with Crippen molar-refractivity contribution in [2.24, 2.45) is 0 Å². The molecule has 4 rings (SSSR count). The first-order valence-corrected chi connectivity index (χ1v) is 9.89. The van der Waals surface area contributed by atoms with Crippen molar-refractivity contribution in [1.29, 1.82) is 0 Å². The molecule has 0 unspecified atom stereocenters. The lowest BCUT2D eigenvalue weighted by Gasteiger charge is -2.23. The lowest BCUT2D eigenvalue weighted by atomic mass is 10.1. The number of hydrogen-bond acceptors (Lipinski definition) is 5. The molecule has 7 heteroatoms. The SMILES string of the molecule is CN(C)CCNC(=O)c1ccc2c(c1)Sc1ncccc1C(=O)N2C1CC1. The van der Waals surface area contributed by atoms with Crippen molar-refractivity contribution in [2.75, 3.05) is 32.1 Å². The number of aromatic nitrogens is 1. The highest BCUT2D eigenvalue weighted by Gasteiger charge is 2.38. The van der Waals surface area contributed by atoms with Gasteiger partial charge >= 0.3 is 0 Å². The van der Waals surface area contributed by atoms with E-state index in [1.165, 1.54) is 11.8 Å². The van der Waals surface area contributed by atoms with Crippen molar-refractivity contribution >= 4 is 29.3 Å². The number of hydrogen-bond donors (Lipinski definition) is 1. The Balaban J connectivity index is 1.67. The van der Waals surface area contributed by atoms with Crippen LogP contribution in [0.2, 0.25) is 0 Å². The van der Waals surface area contributed by atoms with Gasteiger partial charge in [0.2, 0.25) is 0 Å². The van der Waals surface area contributed by atoms with E-state index in [1.807, 2.05) is 42.1 Å². The normalized spacial score (nSPS) is 16.0. The number of carbonyl (C=O) groups is 2. The summed E-state index contributed by atoms with van der Waals surface area (Å²) in [6.45, 7) is 1.37. The average molecular weight is 382 g/mol. The monoisotopic (exact) mass is 382 g/mol. The van der Waals surface area contributed by atoms with E-state index in [-0.39, 0.29) is 17.9 Å². The zero-order chi connectivity index (χ0) is 19.0. The summed E-state index contributed by atoms with van der Waals surface area (Å²) in [5.74, 6) is -0.106.